The number of rotatable bonds is 6. The van der Waals surface area contributed by atoms with Gasteiger partial charge in [0.2, 0.25) is 5.91 Å². The van der Waals surface area contributed by atoms with Crippen LogP contribution in [0.1, 0.15) is 12.5 Å². The first kappa shape index (κ1) is 17.5. The summed E-state index contributed by atoms with van der Waals surface area (Å²) in [7, 11) is 1.48. The van der Waals surface area contributed by atoms with Crippen LogP contribution < -0.4 is 10.2 Å². The van der Waals surface area contributed by atoms with Gasteiger partial charge >= 0.3 is 0 Å². The first-order valence-corrected chi connectivity index (χ1v) is 8.18. The summed E-state index contributed by atoms with van der Waals surface area (Å²) in [5, 5.41) is 13.7. The van der Waals surface area contributed by atoms with Gasteiger partial charge in [0.15, 0.2) is 11.5 Å². The second kappa shape index (κ2) is 7.69. The molecule has 0 spiro atoms. The summed E-state index contributed by atoms with van der Waals surface area (Å²) in [5.74, 6) is -0.0821. The number of nitrogens with one attached hydrogen (secondary N) is 1. The van der Waals surface area contributed by atoms with Crippen molar-refractivity contribution in [1.82, 2.24) is 15.0 Å². The Labute approximate surface area is 150 Å². The Kier molecular flexibility index (Phi) is 5.17. The van der Waals surface area contributed by atoms with Crippen molar-refractivity contribution in [3.05, 3.63) is 54.4 Å². The smallest absolute Gasteiger partial charge is 0.244 e. The van der Waals surface area contributed by atoms with Crippen molar-refractivity contribution in [3.63, 3.8) is 0 Å². The number of benzene rings is 2. The molecule has 0 aliphatic heterocycles. The minimum atomic E-state index is -0.283. The van der Waals surface area contributed by atoms with Crippen LogP contribution in [0.15, 0.2) is 53.9 Å². The van der Waals surface area contributed by atoms with Gasteiger partial charge in [-0.25, -0.2) is 10.4 Å². The van der Waals surface area contributed by atoms with Gasteiger partial charge in [-0.3, -0.25) is 4.79 Å². The Morgan fingerprint density at radius 2 is 2.19 bits per heavy atom. The van der Waals surface area contributed by atoms with Crippen molar-refractivity contribution in [3.8, 4) is 11.5 Å². The third kappa shape index (κ3) is 3.83. The highest BCUT2D eigenvalue weighted by Crippen LogP contribution is 2.25. The van der Waals surface area contributed by atoms with Gasteiger partial charge in [0.25, 0.3) is 0 Å². The maximum absolute atomic E-state index is 12.2. The zero-order valence-corrected chi connectivity index (χ0v) is 14.6. The van der Waals surface area contributed by atoms with Gasteiger partial charge in [-0.05, 0) is 35.9 Å². The molecule has 134 valence electrons. The molecular weight excluding hydrogens is 332 g/mol. The molecule has 2 aromatic carbocycles. The largest absolute Gasteiger partial charge is 0.504 e. The van der Waals surface area contributed by atoms with Crippen LogP contribution in [0.5, 0.6) is 11.5 Å². The molecule has 0 fully saturated rings. The lowest BCUT2D eigenvalue weighted by Gasteiger charge is -2.11. The Bertz CT molecular complexity index is 949. The molecule has 1 amide bonds. The third-order valence-electron chi connectivity index (χ3n) is 4.04. The van der Waals surface area contributed by atoms with Gasteiger partial charge in [-0.2, -0.15) is 5.10 Å². The lowest BCUT2D eigenvalue weighted by Crippen LogP contribution is -2.27. The molecule has 0 bridgehead atoms. The van der Waals surface area contributed by atoms with Gasteiger partial charge in [-0.15, -0.1) is 0 Å². The van der Waals surface area contributed by atoms with E-state index in [1.54, 1.807) is 18.5 Å². The van der Waals surface area contributed by atoms with Crippen molar-refractivity contribution in [2.45, 2.75) is 13.5 Å². The van der Waals surface area contributed by atoms with E-state index >= 15 is 0 Å². The van der Waals surface area contributed by atoms with E-state index in [1.165, 1.54) is 19.4 Å². The first-order valence-electron chi connectivity index (χ1n) is 8.18. The Balaban J connectivity index is 1.60. The highest BCUT2D eigenvalue weighted by atomic mass is 16.5. The number of carbonyl (C=O) groups is 1. The van der Waals surface area contributed by atoms with Crippen LogP contribution >= 0.6 is 0 Å². The SMILES string of the molecule is COc1ccc(/C=N/NC(=O)C(C)Cn2cnc3ccccc32)cc1O. The Morgan fingerprint density at radius 3 is 2.96 bits per heavy atom. The molecule has 0 saturated heterocycles. The summed E-state index contributed by atoms with van der Waals surface area (Å²) in [4.78, 5) is 16.6. The average molecular weight is 352 g/mol. The fraction of sp³-hybridized carbons (Fsp3) is 0.211. The number of nitrogens with zero attached hydrogens (tertiary/aromatic N) is 3. The normalized spacial score (nSPS) is 12.4. The molecule has 7 nitrogen and oxygen atoms in total. The van der Waals surface area contributed by atoms with E-state index in [4.69, 9.17) is 4.74 Å². The summed E-state index contributed by atoms with van der Waals surface area (Å²) in [6, 6.07) is 12.7. The van der Waals surface area contributed by atoms with Crippen LogP contribution in [-0.2, 0) is 11.3 Å². The number of hydrogen-bond donors (Lipinski definition) is 2. The van der Waals surface area contributed by atoms with Crippen molar-refractivity contribution < 1.29 is 14.6 Å². The van der Waals surface area contributed by atoms with E-state index in [-0.39, 0.29) is 17.6 Å². The highest BCUT2D eigenvalue weighted by molar-refractivity contribution is 5.84. The zero-order chi connectivity index (χ0) is 18.5. The molecule has 1 unspecified atom stereocenters. The summed E-state index contributed by atoms with van der Waals surface area (Å²) < 4.78 is 6.93. The number of aromatic nitrogens is 2. The number of imidazole rings is 1. The summed E-state index contributed by atoms with van der Waals surface area (Å²) in [5.41, 5.74) is 5.06. The maximum Gasteiger partial charge on any atom is 0.244 e. The van der Waals surface area contributed by atoms with Crippen LogP contribution in [0.2, 0.25) is 0 Å². The molecule has 0 radical (unpaired) electrons. The summed E-state index contributed by atoms with van der Waals surface area (Å²) in [6.45, 7) is 2.34. The van der Waals surface area contributed by atoms with E-state index in [9.17, 15) is 9.90 Å². The van der Waals surface area contributed by atoms with E-state index < -0.39 is 0 Å². The number of phenols is 1. The number of amides is 1. The molecule has 0 aliphatic carbocycles. The molecule has 1 heterocycles. The molecule has 2 N–H and O–H groups in total. The minimum Gasteiger partial charge on any atom is -0.504 e. The van der Waals surface area contributed by atoms with E-state index in [1.807, 2.05) is 35.8 Å². The quantitative estimate of drug-likeness (QED) is 0.527. The number of methoxy groups -OCH3 is 1. The number of fused-ring (bicyclic) bond motifs is 1. The van der Waals surface area contributed by atoms with Crippen molar-refractivity contribution in [2.75, 3.05) is 7.11 Å². The predicted molar refractivity (Wildman–Crippen MR) is 99.3 cm³/mol. The number of aromatic hydroxyl groups is 1. The predicted octanol–water partition coefficient (Wildman–Crippen LogP) is 2.54. The maximum atomic E-state index is 12.2. The lowest BCUT2D eigenvalue weighted by atomic mass is 10.1. The fourth-order valence-corrected chi connectivity index (χ4v) is 2.60. The molecule has 0 aliphatic rings. The third-order valence-corrected chi connectivity index (χ3v) is 4.04. The second-order valence-corrected chi connectivity index (χ2v) is 5.95. The average Bonchev–Trinajstić information content (AvgIpc) is 3.05. The van der Waals surface area contributed by atoms with Gasteiger partial charge < -0.3 is 14.4 Å². The van der Waals surface area contributed by atoms with Crippen molar-refractivity contribution in [2.24, 2.45) is 11.0 Å². The number of hydrogen-bond acceptors (Lipinski definition) is 5. The molecule has 1 atom stereocenters. The lowest BCUT2D eigenvalue weighted by molar-refractivity contribution is -0.124. The standard InChI is InChI=1S/C19H20N4O3/c1-13(11-23-12-20-15-5-3-4-6-16(15)23)19(25)22-21-10-14-7-8-18(26-2)17(24)9-14/h3-10,12-13,24H,11H2,1-2H3,(H,22,25)/b21-10+. The van der Waals surface area contributed by atoms with Gasteiger partial charge in [0, 0.05) is 6.54 Å². The van der Waals surface area contributed by atoms with Gasteiger partial charge in [0.05, 0.1) is 36.6 Å². The minimum absolute atomic E-state index is 0.0168. The van der Waals surface area contributed by atoms with Gasteiger partial charge in [-0.1, -0.05) is 19.1 Å². The highest BCUT2D eigenvalue weighted by Gasteiger charge is 2.14. The zero-order valence-electron chi connectivity index (χ0n) is 14.6. The number of hydrazone groups is 1. The monoisotopic (exact) mass is 352 g/mol. The number of ether oxygens (including phenoxy) is 1. The number of carbonyl (C=O) groups excluding carboxylic acids is 1. The van der Waals surface area contributed by atoms with Crippen molar-refractivity contribution >= 4 is 23.2 Å². The molecule has 3 rings (SSSR count). The topological polar surface area (TPSA) is 88.7 Å². The molecule has 7 heteroatoms. The molecule has 0 saturated carbocycles. The van der Waals surface area contributed by atoms with E-state index in [2.05, 4.69) is 15.5 Å². The summed E-state index contributed by atoms with van der Waals surface area (Å²) in [6.07, 6.45) is 3.20. The Hall–Kier alpha value is -3.35. The van der Waals surface area contributed by atoms with Gasteiger partial charge in [0.1, 0.15) is 0 Å². The number of phenolic OH excluding ortho intramolecular Hbond substituents is 1. The molecule has 1 aromatic heterocycles. The molecule has 26 heavy (non-hydrogen) atoms. The molecule has 3 aromatic rings. The van der Waals surface area contributed by atoms with E-state index in [0.717, 1.165) is 11.0 Å². The van der Waals surface area contributed by atoms with Crippen LogP contribution in [0.3, 0.4) is 0 Å². The summed E-state index contributed by atoms with van der Waals surface area (Å²) >= 11 is 0. The fourth-order valence-electron chi connectivity index (χ4n) is 2.60. The van der Waals surface area contributed by atoms with Crippen LogP contribution in [0.4, 0.5) is 0 Å². The Morgan fingerprint density at radius 1 is 1.38 bits per heavy atom. The van der Waals surface area contributed by atoms with Crippen LogP contribution in [-0.4, -0.2) is 33.9 Å². The first-order chi connectivity index (χ1) is 12.6. The van der Waals surface area contributed by atoms with Crippen molar-refractivity contribution in [1.29, 1.82) is 0 Å². The van der Waals surface area contributed by atoms with E-state index in [0.29, 0.717) is 17.9 Å². The van der Waals surface area contributed by atoms with Crippen LogP contribution in [0.25, 0.3) is 11.0 Å². The van der Waals surface area contributed by atoms with Crippen LogP contribution in [0, 0.1) is 5.92 Å². The second-order valence-electron chi connectivity index (χ2n) is 5.95. The molecular formula is C19H20N4O3. The number of para-hydroxylation sites is 2.